The maximum atomic E-state index is 9.45. The number of hydrogen-bond donors (Lipinski definition) is 1. The van der Waals surface area contributed by atoms with Crippen LogP contribution < -0.4 is 5.32 Å². The Morgan fingerprint density at radius 1 is 1.12 bits per heavy atom. The molecule has 4 nitrogen and oxygen atoms in total. The highest BCUT2D eigenvalue weighted by Crippen LogP contribution is 2.32. The molecule has 1 heterocycles. The standard InChI is InChI=1S/C19H18N4S2/c1-13-7-9-15(10-8-13)11-16(12-20)24-19-23-22-18(25-19)21-17-6-4-3-5-14(17)2/h3-10,16H,11H2,1-2H3,(H,21,22)/t16-/m0/s1. The lowest BCUT2D eigenvalue weighted by Crippen LogP contribution is -2.03. The number of nitrogens with one attached hydrogen (secondary N) is 1. The van der Waals surface area contributed by atoms with Gasteiger partial charge in [0.2, 0.25) is 5.13 Å². The van der Waals surface area contributed by atoms with E-state index in [1.807, 2.05) is 31.2 Å². The number of para-hydroxylation sites is 1. The first-order valence-electron chi connectivity index (χ1n) is 7.92. The van der Waals surface area contributed by atoms with E-state index in [2.05, 4.69) is 52.8 Å². The van der Waals surface area contributed by atoms with Gasteiger partial charge in [-0.05, 0) is 37.5 Å². The Morgan fingerprint density at radius 2 is 1.88 bits per heavy atom. The van der Waals surface area contributed by atoms with Crippen molar-refractivity contribution in [2.75, 3.05) is 5.32 Å². The molecule has 0 aliphatic heterocycles. The van der Waals surface area contributed by atoms with Crippen LogP contribution in [0.3, 0.4) is 0 Å². The van der Waals surface area contributed by atoms with Crippen molar-refractivity contribution in [3.8, 4) is 6.07 Å². The average Bonchev–Trinajstić information content (AvgIpc) is 3.05. The molecule has 0 saturated carbocycles. The molecule has 0 saturated heterocycles. The van der Waals surface area contributed by atoms with Gasteiger partial charge in [-0.2, -0.15) is 5.26 Å². The van der Waals surface area contributed by atoms with Gasteiger partial charge in [0.1, 0.15) is 5.25 Å². The quantitative estimate of drug-likeness (QED) is 0.613. The van der Waals surface area contributed by atoms with Crippen LogP contribution in [0.15, 0.2) is 52.9 Å². The van der Waals surface area contributed by atoms with Crippen LogP contribution in [0, 0.1) is 25.2 Å². The van der Waals surface area contributed by atoms with Crippen LogP contribution in [0.1, 0.15) is 16.7 Å². The SMILES string of the molecule is Cc1ccc(C[C@@H](C#N)Sc2nnc(Nc3ccccc3C)s2)cc1. The summed E-state index contributed by atoms with van der Waals surface area (Å²) in [7, 11) is 0. The Balaban J connectivity index is 1.64. The van der Waals surface area contributed by atoms with Gasteiger partial charge in [0.25, 0.3) is 0 Å². The van der Waals surface area contributed by atoms with E-state index >= 15 is 0 Å². The molecule has 1 aromatic heterocycles. The second-order valence-corrected chi connectivity index (χ2v) is 8.17. The van der Waals surface area contributed by atoms with Crippen molar-refractivity contribution in [3.63, 3.8) is 0 Å². The van der Waals surface area contributed by atoms with Crippen molar-refractivity contribution in [1.29, 1.82) is 5.26 Å². The second kappa shape index (κ2) is 8.15. The Morgan fingerprint density at radius 3 is 2.60 bits per heavy atom. The topological polar surface area (TPSA) is 61.6 Å². The number of nitrogens with zero attached hydrogens (tertiary/aromatic N) is 3. The molecule has 25 heavy (non-hydrogen) atoms. The molecule has 0 radical (unpaired) electrons. The third kappa shape index (κ3) is 4.81. The van der Waals surface area contributed by atoms with E-state index in [0.29, 0.717) is 6.42 Å². The highest BCUT2D eigenvalue weighted by molar-refractivity contribution is 8.01. The van der Waals surface area contributed by atoms with E-state index in [4.69, 9.17) is 0 Å². The molecule has 3 aromatic rings. The van der Waals surface area contributed by atoms with Crippen molar-refractivity contribution >= 4 is 33.9 Å². The van der Waals surface area contributed by atoms with Gasteiger partial charge in [-0.3, -0.25) is 0 Å². The monoisotopic (exact) mass is 366 g/mol. The molecular formula is C19H18N4S2. The molecular weight excluding hydrogens is 348 g/mol. The number of aryl methyl sites for hydroxylation is 2. The number of hydrogen-bond acceptors (Lipinski definition) is 6. The predicted molar refractivity (Wildman–Crippen MR) is 105 cm³/mol. The molecule has 6 heteroatoms. The van der Waals surface area contributed by atoms with Gasteiger partial charge < -0.3 is 5.32 Å². The van der Waals surface area contributed by atoms with Crippen LogP contribution in [-0.2, 0) is 6.42 Å². The summed E-state index contributed by atoms with van der Waals surface area (Å²) < 4.78 is 0.801. The summed E-state index contributed by atoms with van der Waals surface area (Å²) in [6, 6.07) is 18.7. The summed E-state index contributed by atoms with van der Waals surface area (Å²) in [6.45, 7) is 4.11. The van der Waals surface area contributed by atoms with Gasteiger partial charge >= 0.3 is 0 Å². The van der Waals surface area contributed by atoms with E-state index in [9.17, 15) is 5.26 Å². The number of aromatic nitrogens is 2. The minimum atomic E-state index is -0.179. The lowest BCUT2D eigenvalue weighted by Gasteiger charge is -2.07. The number of nitriles is 1. The van der Waals surface area contributed by atoms with E-state index in [-0.39, 0.29) is 5.25 Å². The van der Waals surface area contributed by atoms with Gasteiger partial charge in [-0.1, -0.05) is 71.1 Å². The van der Waals surface area contributed by atoms with Crippen LogP contribution in [0.25, 0.3) is 0 Å². The molecule has 0 amide bonds. The molecule has 0 spiro atoms. The highest BCUT2D eigenvalue weighted by atomic mass is 32.2. The number of anilines is 2. The van der Waals surface area contributed by atoms with Crippen molar-refractivity contribution in [2.24, 2.45) is 0 Å². The molecule has 126 valence electrons. The van der Waals surface area contributed by atoms with Crippen molar-refractivity contribution < 1.29 is 0 Å². The zero-order chi connectivity index (χ0) is 17.6. The fraction of sp³-hybridized carbons (Fsp3) is 0.211. The molecule has 0 fully saturated rings. The Bertz CT molecular complexity index is 881. The van der Waals surface area contributed by atoms with E-state index < -0.39 is 0 Å². The zero-order valence-corrected chi connectivity index (χ0v) is 15.7. The molecule has 0 bridgehead atoms. The largest absolute Gasteiger partial charge is 0.330 e. The minimum Gasteiger partial charge on any atom is -0.330 e. The molecule has 2 aromatic carbocycles. The average molecular weight is 367 g/mol. The van der Waals surface area contributed by atoms with Gasteiger partial charge in [0.15, 0.2) is 4.34 Å². The molecule has 0 unspecified atom stereocenters. The maximum Gasteiger partial charge on any atom is 0.210 e. The Kier molecular flexibility index (Phi) is 5.69. The number of rotatable bonds is 6. The third-order valence-corrected chi connectivity index (χ3v) is 5.73. The van der Waals surface area contributed by atoms with Gasteiger partial charge in [0, 0.05) is 5.69 Å². The van der Waals surface area contributed by atoms with E-state index in [0.717, 1.165) is 26.3 Å². The summed E-state index contributed by atoms with van der Waals surface area (Å²) in [5, 5.41) is 21.7. The summed E-state index contributed by atoms with van der Waals surface area (Å²) in [6.07, 6.45) is 0.696. The lowest BCUT2D eigenvalue weighted by atomic mass is 10.1. The fourth-order valence-corrected chi connectivity index (χ4v) is 4.24. The van der Waals surface area contributed by atoms with Crippen molar-refractivity contribution in [1.82, 2.24) is 10.2 Å². The molecule has 1 atom stereocenters. The van der Waals surface area contributed by atoms with E-state index in [1.165, 1.54) is 28.7 Å². The first-order valence-corrected chi connectivity index (χ1v) is 9.61. The first kappa shape index (κ1) is 17.5. The minimum absolute atomic E-state index is 0.179. The predicted octanol–water partition coefficient (Wildman–Crippen LogP) is 5.13. The summed E-state index contributed by atoms with van der Waals surface area (Å²) >= 11 is 2.94. The van der Waals surface area contributed by atoms with Gasteiger partial charge in [0.05, 0.1) is 6.07 Å². The third-order valence-electron chi connectivity index (χ3n) is 3.72. The summed E-state index contributed by atoms with van der Waals surface area (Å²) in [4.78, 5) is 0. The fourth-order valence-electron chi connectivity index (χ4n) is 2.31. The highest BCUT2D eigenvalue weighted by Gasteiger charge is 2.14. The molecule has 3 rings (SSSR count). The molecule has 0 aliphatic rings. The van der Waals surface area contributed by atoms with Crippen LogP contribution in [0.5, 0.6) is 0 Å². The first-order chi connectivity index (χ1) is 12.1. The second-order valence-electron chi connectivity index (χ2n) is 5.74. The lowest BCUT2D eigenvalue weighted by molar-refractivity contribution is 0.990. The Labute approximate surface area is 155 Å². The normalized spacial score (nSPS) is 11.7. The smallest absolute Gasteiger partial charge is 0.210 e. The van der Waals surface area contributed by atoms with Crippen molar-refractivity contribution in [2.45, 2.75) is 29.9 Å². The number of thioether (sulfide) groups is 1. The van der Waals surface area contributed by atoms with Crippen LogP contribution in [0.2, 0.25) is 0 Å². The van der Waals surface area contributed by atoms with E-state index in [1.54, 1.807) is 0 Å². The molecule has 0 aliphatic carbocycles. The van der Waals surface area contributed by atoms with Crippen molar-refractivity contribution in [3.05, 3.63) is 65.2 Å². The van der Waals surface area contributed by atoms with Crippen LogP contribution in [-0.4, -0.2) is 15.4 Å². The number of benzene rings is 2. The van der Waals surface area contributed by atoms with Crippen LogP contribution >= 0.6 is 23.1 Å². The van der Waals surface area contributed by atoms with Gasteiger partial charge in [-0.25, -0.2) is 0 Å². The zero-order valence-electron chi connectivity index (χ0n) is 14.1. The molecule has 1 N–H and O–H groups in total. The summed E-state index contributed by atoms with van der Waals surface area (Å²) in [5.74, 6) is 0. The maximum absolute atomic E-state index is 9.45. The van der Waals surface area contributed by atoms with Crippen LogP contribution in [0.4, 0.5) is 10.8 Å². The van der Waals surface area contributed by atoms with Gasteiger partial charge in [-0.15, -0.1) is 10.2 Å². The Hall–Kier alpha value is -2.36. The summed E-state index contributed by atoms with van der Waals surface area (Å²) in [5.41, 5.74) is 4.56.